The molecule has 0 unspecified atom stereocenters. The summed E-state index contributed by atoms with van der Waals surface area (Å²) in [6, 6.07) is 14.7. The Balaban J connectivity index is 1.98. The Labute approximate surface area is 177 Å². The number of nitrogens with zero attached hydrogens (tertiary/aromatic N) is 2. The van der Waals surface area contributed by atoms with E-state index in [1.807, 2.05) is 51.1 Å². The first-order valence-corrected chi connectivity index (χ1v) is 11.0. The molecule has 1 N–H and O–H groups in total. The second-order valence-corrected chi connectivity index (χ2v) is 9.60. The summed E-state index contributed by atoms with van der Waals surface area (Å²) < 4.78 is 41.3. The van der Waals surface area contributed by atoms with E-state index >= 15 is 0 Å². The molecular formula is C22H27N3O4S. The normalized spacial score (nSPS) is 11.9. The Bertz CT molecular complexity index is 1120. The van der Waals surface area contributed by atoms with Crippen molar-refractivity contribution in [1.29, 1.82) is 0 Å². The van der Waals surface area contributed by atoms with E-state index in [1.54, 1.807) is 29.1 Å². The Morgan fingerprint density at radius 1 is 1.00 bits per heavy atom. The lowest BCUT2D eigenvalue weighted by Crippen LogP contribution is -2.20. The molecule has 2 aromatic carbocycles. The molecule has 160 valence electrons. The molecule has 30 heavy (non-hydrogen) atoms. The van der Waals surface area contributed by atoms with Gasteiger partial charge in [0.2, 0.25) is 0 Å². The molecular weight excluding hydrogens is 402 g/mol. The largest absolute Gasteiger partial charge is 0.493 e. The van der Waals surface area contributed by atoms with Gasteiger partial charge in [-0.3, -0.25) is 9.40 Å². The van der Waals surface area contributed by atoms with Crippen molar-refractivity contribution in [1.82, 2.24) is 9.78 Å². The van der Waals surface area contributed by atoms with Crippen LogP contribution < -0.4 is 14.2 Å². The molecule has 0 bridgehead atoms. The molecule has 0 atom stereocenters. The third-order valence-electron chi connectivity index (χ3n) is 4.55. The van der Waals surface area contributed by atoms with Gasteiger partial charge >= 0.3 is 0 Å². The highest BCUT2D eigenvalue weighted by Crippen LogP contribution is 2.33. The van der Waals surface area contributed by atoms with Crippen molar-refractivity contribution < 1.29 is 17.9 Å². The number of sulfonamides is 1. The third-order valence-corrected chi connectivity index (χ3v) is 5.93. The summed E-state index contributed by atoms with van der Waals surface area (Å²) in [5, 5.41) is 4.60. The van der Waals surface area contributed by atoms with Gasteiger partial charge in [0.05, 0.1) is 32.1 Å². The van der Waals surface area contributed by atoms with Crippen molar-refractivity contribution in [3.63, 3.8) is 0 Å². The van der Waals surface area contributed by atoms with Crippen LogP contribution in [-0.2, 0) is 22.0 Å². The molecule has 0 fully saturated rings. The number of anilines is 1. The first-order valence-electron chi connectivity index (χ1n) is 9.51. The number of benzene rings is 2. The van der Waals surface area contributed by atoms with Crippen LogP contribution in [0, 0.1) is 0 Å². The number of rotatable bonds is 7. The van der Waals surface area contributed by atoms with Crippen molar-refractivity contribution in [2.45, 2.75) is 37.6 Å². The van der Waals surface area contributed by atoms with Gasteiger partial charge in [0, 0.05) is 17.7 Å². The van der Waals surface area contributed by atoms with Gasteiger partial charge in [0.25, 0.3) is 10.0 Å². The predicted octanol–water partition coefficient (Wildman–Crippen LogP) is 4.05. The van der Waals surface area contributed by atoms with Crippen molar-refractivity contribution in [3.8, 4) is 11.5 Å². The molecule has 0 spiro atoms. The van der Waals surface area contributed by atoms with E-state index in [4.69, 9.17) is 9.47 Å². The Morgan fingerprint density at radius 2 is 1.67 bits per heavy atom. The zero-order valence-corrected chi connectivity index (χ0v) is 18.7. The standard InChI is InChI=1S/C22H27N3O4S/c1-22(2,3)21-20(15-25(23-21)14-16-9-7-6-8-10-16)30(26,27)24-17-11-12-18(28-4)19(13-17)29-5/h6-13,15,24H,14H2,1-5H3. The fourth-order valence-corrected chi connectivity index (χ4v) is 4.49. The van der Waals surface area contributed by atoms with Gasteiger partial charge in [0.1, 0.15) is 4.90 Å². The van der Waals surface area contributed by atoms with E-state index in [9.17, 15) is 8.42 Å². The lowest BCUT2D eigenvalue weighted by atomic mass is 9.92. The number of aromatic nitrogens is 2. The fraction of sp³-hybridized carbons (Fsp3) is 0.318. The number of hydrogen-bond donors (Lipinski definition) is 1. The van der Waals surface area contributed by atoms with E-state index in [0.29, 0.717) is 29.4 Å². The maximum atomic E-state index is 13.3. The summed E-state index contributed by atoms with van der Waals surface area (Å²) in [5.74, 6) is 0.958. The number of methoxy groups -OCH3 is 2. The zero-order chi connectivity index (χ0) is 21.9. The topological polar surface area (TPSA) is 82.5 Å². The van der Waals surface area contributed by atoms with Crippen LogP contribution in [0.3, 0.4) is 0 Å². The second-order valence-electron chi connectivity index (χ2n) is 7.95. The highest BCUT2D eigenvalue weighted by Gasteiger charge is 2.30. The smallest absolute Gasteiger partial charge is 0.265 e. The molecule has 8 heteroatoms. The summed E-state index contributed by atoms with van der Waals surface area (Å²) in [6.45, 7) is 6.31. The molecule has 7 nitrogen and oxygen atoms in total. The van der Waals surface area contributed by atoms with Crippen LogP contribution in [-0.4, -0.2) is 32.4 Å². The van der Waals surface area contributed by atoms with E-state index in [2.05, 4.69) is 9.82 Å². The molecule has 0 radical (unpaired) electrons. The first-order chi connectivity index (χ1) is 14.1. The zero-order valence-electron chi connectivity index (χ0n) is 17.8. The quantitative estimate of drug-likeness (QED) is 0.613. The number of nitrogens with one attached hydrogen (secondary N) is 1. The van der Waals surface area contributed by atoms with Gasteiger partial charge in [0.15, 0.2) is 11.5 Å². The minimum Gasteiger partial charge on any atom is -0.493 e. The maximum Gasteiger partial charge on any atom is 0.265 e. The molecule has 0 amide bonds. The van der Waals surface area contributed by atoms with E-state index in [1.165, 1.54) is 14.2 Å². The van der Waals surface area contributed by atoms with Crippen LogP contribution >= 0.6 is 0 Å². The molecule has 0 saturated heterocycles. The molecule has 1 aromatic heterocycles. The van der Waals surface area contributed by atoms with Crippen LogP contribution in [0.2, 0.25) is 0 Å². The minimum atomic E-state index is -3.87. The first kappa shape index (κ1) is 21.7. The highest BCUT2D eigenvalue weighted by atomic mass is 32.2. The van der Waals surface area contributed by atoms with Crippen LogP contribution in [0.4, 0.5) is 5.69 Å². The van der Waals surface area contributed by atoms with Gasteiger partial charge in [-0.1, -0.05) is 51.1 Å². The summed E-state index contributed by atoms with van der Waals surface area (Å²) in [4.78, 5) is 0.153. The molecule has 0 aliphatic rings. The minimum absolute atomic E-state index is 0.153. The molecule has 1 heterocycles. The van der Waals surface area contributed by atoms with Crippen LogP contribution in [0.5, 0.6) is 11.5 Å². The van der Waals surface area contributed by atoms with Crippen molar-refractivity contribution in [3.05, 3.63) is 66.0 Å². The van der Waals surface area contributed by atoms with Crippen LogP contribution in [0.15, 0.2) is 59.6 Å². The number of ether oxygens (including phenoxy) is 2. The lowest BCUT2D eigenvalue weighted by molar-refractivity contribution is 0.355. The van der Waals surface area contributed by atoms with E-state index in [-0.39, 0.29) is 4.90 Å². The monoisotopic (exact) mass is 429 g/mol. The summed E-state index contributed by atoms with van der Waals surface area (Å²) in [5.41, 5.74) is 1.47. The van der Waals surface area contributed by atoms with E-state index in [0.717, 1.165) is 5.56 Å². The average Bonchev–Trinajstić information content (AvgIpc) is 3.14. The van der Waals surface area contributed by atoms with Crippen molar-refractivity contribution in [2.75, 3.05) is 18.9 Å². The van der Waals surface area contributed by atoms with Gasteiger partial charge < -0.3 is 9.47 Å². The number of hydrogen-bond acceptors (Lipinski definition) is 5. The van der Waals surface area contributed by atoms with Gasteiger partial charge in [-0.2, -0.15) is 5.10 Å². The third kappa shape index (κ3) is 4.76. The van der Waals surface area contributed by atoms with E-state index < -0.39 is 15.4 Å². The predicted molar refractivity (Wildman–Crippen MR) is 117 cm³/mol. The fourth-order valence-electron chi connectivity index (χ4n) is 3.08. The molecule has 0 saturated carbocycles. The van der Waals surface area contributed by atoms with Crippen LogP contribution in [0.25, 0.3) is 0 Å². The van der Waals surface area contributed by atoms with Gasteiger partial charge in [-0.05, 0) is 17.7 Å². The van der Waals surface area contributed by atoms with Crippen molar-refractivity contribution in [2.24, 2.45) is 0 Å². The summed E-state index contributed by atoms with van der Waals surface area (Å²) >= 11 is 0. The lowest BCUT2D eigenvalue weighted by Gasteiger charge is -2.18. The average molecular weight is 430 g/mol. The Kier molecular flexibility index (Phi) is 6.07. The molecule has 0 aliphatic heterocycles. The van der Waals surface area contributed by atoms with Crippen LogP contribution in [0.1, 0.15) is 32.0 Å². The second kappa shape index (κ2) is 8.39. The molecule has 3 rings (SSSR count). The molecule has 3 aromatic rings. The van der Waals surface area contributed by atoms with Crippen molar-refractivity contribution >= 4 is 15.7 Å². The summed E-state index contributed by atoms with van der Waals surface area (Å²) in [7, 11) is -0.845. The summed E-state index contributed by atoms with van der Waals surface area (Å²) in [6.07, 6.45) is 1.58. The highest BCUT2D eigenvalue weighted by molar-refractivity contribution is 7.92. The van der Waals surface area contributed by atoms with Gasteiger partial charge in [-0.25, -0.2) is 8.42 Å². The maximum absolute atomic E-state index is 13.3. The molecule has 0 aliphatic carbocycles. The Hall–Kier alpha value is -3.00. The Morgan fingerprint density at radius 3 is 2.27 bits per heavy atom. The van der Waals surface area contributed by atoms with Gasteiger partial charge in [-0.15, -0.1) is 0 Å². The SMILES string of the molecule is COc1ccc(NS(=O)(=O)c2cn(Cc3ccccc3)nc2C(C)(C)C)cc1OC.